The third-order valence-corrected chi connectivity index (χ3v) is 23.0. The molecule has 3 aromatic carbocycles. The molecule has 3 aliphatic heterocycles. The van der Waals surface area contributed by atoms with Crippen molar-refractivity contribution < 1.29 is 112 Å². The second-order valence-electron chi connectivity index (χ2n) is 30.6. The zero-order valence-corrected chi connectivity index (χ0v) is 70.0. The fourth-order valence-electron chi connectivity index (χ4n) is 14.8. The summed E-state index contributed by atoms with van der Waals surface area (Å²) < 4.78 is 0. The summed E-state index contributed by atoms with van der Waals surface area (Å²) in [5, 5.41) is 101. The Balaban J connectivity index is 1.14. The minimum absolute atomic E-state index is 0.0278. The van der Waals surface area contributed by atoms with Gasteiger partial charge in [0.05, 0.1) is 51.4 Å². The maximum absolute atomic E-state index is 15.5. The number of H-pyrrole nitrogens is 2. The Kier molecular flexibility index (Phi) is 36.0. The van der Waals surface area contributed by atoms with Gasteiger partial charge >= 0.3 is 0 Å². The number of thioether (sulfide) groups is 1. The third kappa shape index (κ3) is 25.4. The molecular formula is C81H112N18O23S. The second kappa shape index (κ2) is 45.9. The first-order chi connectivity index (χ1) is 58.7. The largest absolute Gasteiger partial charge is 0.508 e. The van der Waals surface area contributed by atoms with Crippen molar-refractivity contribution in [3.8, 4) is 5.75 Å². The predicted octanol–water partition coefficient (Wildman–Crippen LogP) is -6.11. The van der Waals surface area contributed by atoms with Gasteiger partial charge in [0.2, 0.25) is 94.5 Å². The molecule has 42 heteroatoms. The van der Waals surface area contributed by atoms with E-state index in [0.717, 1.165) is 36.3 Å². The van der Waals surface area contributed by atoms with Crippen LogP contribution in [-0.4, -0.2) is 341 Å². The number of unbranched alkanes of at least 4 members (excludes halogenated alkanes) is 2. The maximum atomic E-state index is 15.5. The molecule has 5 heterocycles. The van der Waals surface area contributed by atoms with Crippen LogP contribution in [-0.2, 0) is 96.0 Å². The molecule has 3 fully saturated rings. The van der Waals surface area contributed by atoms with Crippen LogP contribution >= 0.6 is 11.8 Å². The number of phenolic OH excluding ortho intramolecular Hbond substituents is 1. The molecule has 0 aliphatic carbocycles. The highest BCUT2D eigenvalue weighted by Gasteiger charge is 2.46. The van der Waals surface area contributed by atoms with E-state index in [1.54, 1.807) is 67.8 Å². The number of nitrogens with one attached hydrogen (secondary N) is 12. The number of likely N-dealkylation sites (N-methyl/N-ethyl adjacent to an activating group) is 3. The van der Waals surface area contributed by atoms with Crippen LogP contribution in [0.15, 0.2) is 85.2 Å². The van der Waals surface area contributed by atoms with Gasteiger partial charge in [0.15, 0.2) is 0 Å². The summed E-state index contributed by atoms with van der Waals surface area (Å²) >= 11 is 0.724. The SMILES string of the molecule is CCCC[C@H]1C(=O)N(C)[C@@H](CCCC)C(=O)N[C@@H](CO)C(=O)N[C@H](C(=O)NCC(N)=O)CSCC(=O)N[C@@H](Cc2ccc(O)cc2)C(=O)N(C)[C@@H](C)C(=O)N[C@@H](CO)C(=O)N2CCC[C@H]2C(=O)N[C@@H](CO)C(=O)N[C@@H](CO)C(=O)N2C[C@H](O)C[C@H]2C(=O)N[C@@H](Cc2c[nH]c3ccccc23)C(=O)N[C@@H](CO)C(=O)N[C@@H](Cc2c[nH]c3ccccc23)C(=O)N1C. The topological polar surface area (TPSA) is 609 Å². The van der Waals surface area contributed by atoms with Crippen LogP contribution in [0.1, 0.15) is 95.2 Å². The van der Waals surface area contributed by atoms with Crippen LogP contribution in [0.4, 0.5) is 0 Å². The van der Waals surface area contributed by atoms with Crippen LogP contribution in [0.5, 0.6) is 5.75 Å². The molecule has 0 spiro atoms. The molecule has 670 valence electrons. The summed E-state index contributed by atoms with van der Waals surface area (Å²) in [6.07, 6.45) is 1.91. The highest BCUT2D eigenvalue weighted by atomic mass is 32.2. The Hall–Kier alpha value is -11.8. The van der Waals surface area contributed by atoms with Crippen molar-refractivity contribution in [1.82, 2.24) is 87.6 Å². The number of aliphatic hydroxyl groups excluding tert-OH is 6. The molecule has 0 bridgehead atoms. The van der Waals surface area contributed by atoms with Crippen LogP contribution in [0, 0.1) is 0 Å². The maximum Gasteiger partial charge on any atom is 0.248 e. The molecule has 21 N–H and O–H groups in total. The van der Waals surface area contributed by atoms with E-state index >= 15 is 14.4 Å². The summed E-state index contributed by atoms with van der Waals surface area (Å²) in [6, 6.07) is -3.90. The molecule has 41 nitrogen and oxygen atoms in total. The van der Waals surface area contributed by atoms with Gasteiger partial charge in [-0.3, -0.25) is 76.7 Å². The number of rotatable bonds is 20. The van der Waals surface area contributed by atoms with Crippen molar-refractivity contribution in [2.45, 2.75) is 189 Å². The first-order valence-electron chi connectivity index (χ1n) is 40.6. The predicted molar refractivity (Wildman–Crippen MR) is 443 cm³/mol. The fourth-order valence-corrected chi connectivity index (χ4v) is 15.7. The van der Waals surface area contributed by atoms with Crippen molar-refractivity contribution >= 4 is 128 Å². The Bertz CT molecular complexity index is 4610. The number of aliphatic hydroxyl groups is 6. The van der Waals surface area contributed by atoms with Gasteiger partial charge in [0.25, 0.3) is 0 Å². The van der Waals surface area contributed by atoms with E-state index in [1.165, 1.54) is 52.3 Å². The van der Waals surface area contributed by atoms with E-state index in [4.69, 9.17) is 5.73 Å². The van der Waals surface area contributed by atoms with Crippen molar-refractivity contribution in [3.63, 3.8) is 0 Å². The van der Waals surface area contributed by atoms with Crippen molar-refractivity contribution in [1.29, 1.82) is 0 Å². The number of aromatic nitrogens is 2. The van der Waals surface area contributed by atoms with E-state index in [-0.39, 0.29) is 57.2 Å². The van der Waals surface area contributed by atoms with Crippen molar-refractivity contribution in [2.24, 2.45) is 5.73 Å². The first kappa shape index (κ1) is 96.6. The second-order valence-corrected chi connectivity index (χ2v) is 31.7. The number of amides is 16. The molecule has 16 amide bonds. The number of carbonyl (C=O) groups excluding carboxylic acids is 16. The lowest BCUT2D eigenvalue weighted by molar-refractivity contribution is -0.149. The number of nitrogens with zero attached hydrogens (tertiary/aromatic N) is 5. The summed E-state index contributed by atoms with van der Waals surface area (Å²) in [5.41, 5.74) is 7.89. The lowest BCUT2D eigenvalue weighted by Crippen LogP contribution is -2.62. The summed E-state index contributed by atoms with van der Waals surface area (Å²) in [6.45, 7) is -2.21. The quantitative estimate of drug-likeness (QED) is 0.0345. The number of carbonyl (C=O) groups is 16. The Labute approximate surface area is 712 Å². The molecular weight excluding hydrogens is 1630 g/mol. The van der Waals surface area contributed by atoms with Crippen molar-refractivity contribution in [3.05, 3.63) is 102 Å². The number of hydrogen-bond donors (Lipinski definition) is 20. The van der Waals surface area contributed by atoms with Gasteiger partial charge in [-0.2, -0.15) is 0 Å². The molecule has 8 rings (SSSR count). The Morgan fingerprint density at radius 2 is 0.951 bits per heavy atom. The summed E-state index contributed by atoms with van der Waals surface area (Å²) in [5.74, 6) is -17.6. The highest BCUT2D eigenvalue weighted by Crippen LogP contribution is 2.27. The summed E-state index contributed by atoms with van der Waals surface area (Å²) in [7, 11) is 3.79. The van der Waals surface area contributed by atoms with Gasteiger partial charge < -0.3 is 129 Å². The van der Waals surface area contributed by atoms with Crippen LogP contribution < -0.4 is 58.9 Å². The molecule has 2 aromatic heterocycles. The zero-order valence-electron chi connectivity index (χ0n) is 69.2. The van der Waals surface area contributed by atoms with Gasteiger partial charge in [-0.25, -0.2) is 0 Å². The molecule has 5 aromatic rings. The number of para-hydroxylation sites is 2. The van der Waals surface area contributed by atoms with Crippen LogP contribution in [0.2, 0.25) is 0 Å². The molecule has 3 saturated heterocycles. The number of primary amides is 1. The third-order valence-electron chi connectivity index (χ3n) is 22.0. The first-order valence-corrected chi connectivity index (χ1v) is 41.7. The number of aromatic amines is 2. The van der Waals surface area contributed by atoms with Crippen LogP contribution in [0.25, 0.3) is 21.8 Å². The van der Waals surface area contributed by atoms with Gasteiger partial charge in [0.1, 0.15) is 90.3 Å². The van der Waals surface area contributed by atoms with E-state index < -0.39 is 249 Å². The molecule has 0 unspecified atom stereocenters. The number of phenols is 1. The molecule has 3 aliphatic rings. The minimum atomic E-state index is -1.95. The van der Waals surface area contributed by atoms with Gasteiger partial charge in [-0.1, -0.05) is 88.1 Å². The average Bonchev–Trinajstić information content (AvgIpc) is 1.65. The van der Waals surface area contributed by atoms with E-state index in [9.17, 15) is 98.1 Å². The van der Waals surface area contributed by atoms with E-state index in [2.05, 4.69) is 63.1 Å². The number of hydrogen-bond acceptors (Lipinski definition) is 24. The Morgan fingerprint density at radius 3 is 1.51 bits per heavy atom. The smallest absolute Gasteiger partial charge is 0.248 e. The monoisotopic (exact) mass is 1740 g/mol. The van der Waals surface area contributed by atoms with Gasteiger partial charge in [0, 0.05) is 99.9 Å². The minimum Gasteiger partial charge on any atom is -0.508 e. The number of benzene rings is 3. The number of fused-ring (bicyclic) bond motifs is 4. The number of aromatic hydroxyl groups is 1. The Morgan fingerprint density at radius 1 is 0.496 bits per heavy atom. The van der Waals surface area contributed by atoms with Gasteiger partial charge in [-0.15, -0.1) is 11.8 Å². The standard InChI is InChI=1S/C81H112N18O23S/c1-7-9-20-62-74(115)90-58(38-102)73(114)94-61(69(110)85-34-66(82)107)41-123-42-67(108)86-54(28-44-23-25-47(105)26-24-44)77(118)95(4)43(3)68(109)92-59(39-103)79(120)98-27-15-22-63(98)75(116)91-57(37-101)72(113)93-60(40-104)80(121)99-35-48(106)31-65(99)76(117)87-53(29-45-32-83-51-18-13-11-16-49(45)51)70(111)89-56(36-100)71(112)88-55(30-46-33-84-52-19-14-12-17-50(46)52)78(119)97(6)64(21-10-8-2)81(122)96(62)5/h11-14,16-19,23-26,32-33,43,48,53-65,83-84,100-106H,7-10,15,20-22,27-31,34-42H2,1-6H3,(H2,82,107)(H,85,110)(H,86,108)(H,87,117)(H,88,112)(H,89,111)(H,90,115)(H,91,116)(H,92,109)(H,93,113)(H,94,114)/t43-,48+,53-,54-,55-,56-,57-,58-,59-,60-,61-,62-,63-,64-,65-/m0/s1. The van der Waals surface area contributed by atoms with Gasteiger partial charge in [-0.05, 0) is 73.6 Å². The lowest BCUT2D eigenvalue weighted by atomic mass is 10.00. The van der Waals surface area contributed by atoms with E-state index in [1.807, 2.05) is 6.92 Å². The fraction of sp³-hybridized carbons (Fsp3) is 0.531. The van der Waals surface area contributed by atoms with E-state index in [0.29, 0.717) is 64.2 Å². The average molecular weight is 1740 g/mol. The molecule has 0 saturated carbocycles. The highest BCUT2D eigenvalue weighted by molar-refractivity contribution is 8.00. The summed E-state index contributed by atoms with van der Waals surface area (Å²) in [4.78, 5) is 241. The number of nitrogens with two attached hydrogens (primary N) is 1. The molecule has 123 heavy (non-hydrogen) atoms. The zero-order chi connectivity index (χ0) is 90.1. The lowest BCUT2D eigenvalue weighted by Gasteiger charge is -2.36. The molecule has 0 radical (unpaired) electrons. The van der Waals surface area contributed by atoms with Crippen molar-refractivity contribution in [2.75, 3.05) is 85.3 Å². The molecule has 15 atom stereocenters. The van der Waals surface area contributed by atoms with Crippen LogP contribution in [0.3, 0.4) is 0 Å². The normalized spacial score (nSPS) is 26.1.